The highest BCUT2D eigenvalue weighted by molar-refractivity contribution is 5.13. The van der Waals surface area contributed by atoms with Crippen LogP contribution in [0.1, 0.15) is 5.56 Å². The van der Waals surface area contributed by atoms with Gasteiger partial charge in [0, 0.05) is 0 Å². The molecule has 98 valence electrons. The minimum atomic E-state index is -0.829. The summed E-state index contributed by atoms with van der Waals surface area (Å²) in [6.07, 6.45) is -1.94. The molecule has 5 atom stereocenters. The molecule has 2 heterocycles. The van der Waals surface area contributed by atoms with Crippen LogP contribution < -0.4 is 5.73 Å². The molecule has 0 aromatic heterocycles. The van der Waals surface area contributed by atoms with Gasteiger partial charge in [-0.1, -0.05) is 30.3 Å². The molecule has 3 N–H and O–H groups in total. The van der Waals surface area contributed by atoms with Crippen molar-refractivity contribution in [1.29, 1.82) is 0 Å². The van der Waals surface area contributed by atoms with Crippen LogP contribution in [0.25, 0.3) is 0 Å². The second kappa shape index (κ2) is 4.95. The lowest BCUT2D eigenvalue weighted by Crippen LogP contribution is -2.59. The van der Waals surface area contributed by atoms with Gasteiger partial charge in [-0.3, -0.25) is 0 Å². The molecule has 0 radical (unpaired) electrons. The van der Waals surface area contributed by atoms with Gasteiger partial charge in [0.2, 0.25) is 0 Å². The zero-order valence-electron chi connectivity index (χ0n) is 9.94. The number of aliphatic hydroxyl groups is 1. The molecule has 0 spiro atoms. The monoisotopic (exact) mass is 251 g/mol. The molecule has 5 heteroatoms. The van der Waals surface area contributed by atoms with Crippen LogP contribution in [0.4, 0.5) is 0 Å². The smallest absolute Gasteiger partial charge is 0.185 e. The number of hydrogen-bond donors (Lipinski definition) is 2. The third kappa shape index (κ3) is 2.15. The fourth-order valence-corrected chi connectivity index (χ4v) is 2.40. The lowest BCUT2D eigenvalue weighted by Gasteiger charge is -2.36. The number of rotatable bonds is 3. The number of ether oxygens (including phenoxy) is 3. The van der Waals surface area contributed by atoms with Gasteiger partial charge in [-0.25, -0.2) is 0 Å². The average Bonchev–Trinajstić information content (AvgIpc) is 2.84. The molecule has 0 saturated carbocycles. The molecule has 2 fully saturated rings. The van der Waals surface area contributed by atoms with Gasteiger partial charge in [0.05, 0.1) is 19.3 Å². The highest BCUT2D eigenvalue weighted by atomic mass is 16.7. The first-order chi connectivity index (χ1) is 8.75. The predicted octanol–water partition coefficient (Wildman–Crippen LogP) is 0.0151. The van der Waals surface area contributed by atoms with Gasteiger partial charge < -0.3 is 25.1 Å². The fourth-order valence-electron chi connectivity index (χ4n) is 2.40. The molecule has 2 bridgehead atoms. The van der Waals surface area contributed by atoms with Crippen LogP contribution in [0.2, 0.25) is 0 Å². The Balaban J connectivity index is 1.65. The molecule has 2 aliphatic rings. The molecule has 3 rings (SSSR count). The van der Waals surface area contributed by atoms with Crippen molar-refractivity contribution in [2.75, 3.05) is 6.61 Å². The maximum atomic E-state index is 9.88. The number of hydrogen-bond acceptors (Lipinski definition) is 5. The number of fused-ring (bicyclic) bond motifs is 2. The van der Waals surface area contributed by atoms with Gasteiger partial charge in [0.25, 0.3) is 0 Å². The summed E-state index contributed by atoms with van der Waals surface area (Å²) in [7, 11) is 0. The standard InChI is InChI=1S/C13H17NO4/c14-10-11(15)13-17-7-9(18-13)12(10)16-6-8-4-2-1-3-5-8/h1-5,9-13,15H,6-7,14H2. The second-order valence-corrected chi connectivity index (χ2v) is 4.71. The first-order valence-corrected chi connectivity index (χ1v) is 6.12. The molecule has 2 saturated heterocycles. The minimum absolute atomic E-state index is 0.183. The molecule has 18 heavy (non-hydrogen) atoms. The lowest BCUT2D eigenvalue weighted by molar-refractivity contribution is -0.201. The molecular weight excluding hydrogens is 234 g/mol. The lowest BCUT2D eigenvalue weighted by atomic mass is 9.99. The van der Waals surface area contributed by atoms with Crippen molar-refractivity contribution in [2.24, 2.45) is 5.73 Å². The van der Waals surface area contributed by atoms with Crippen molar-refractivity contribution < 1.29 is 19.3 Å². The van der Waals surface area contributed by atoms with Gasteiger partial charge in [0.1, 0.15) is 18.3 Å². The Labute approximate surface area is 105 Å². The summed E-state index contributed by atoms with van der Waals surface area (Å²) in [5.74, 6) is 0. The Morgan fingerprint density at radius 3 is 2.89 bits per heavy atom. The van der Waals surface area contributed by atoms with Crippen molar-refractivity contribution in [2.45, 2.75) is 37.3 Å². The minimum Gasteiger partial charge on any atom is -0.386 e. The van der Waals surface area contributed by atoms with Gasteiger partial charge in [-0.05, 0) is 5.56 Å². The van der Waals surface area contributed by atoms with Crippen LogP contribution in [-0.4, -0.2) is 42.4 Å². The van der Waals surface area contributed by atoms with Crippen molar-refractivity contribution >= 4 is 0 Å². The highest BCUT2D eigenvalue weighted by Crippen LogP contribution is 2.29. The summed E-state index contributed by atoms with van der Waals surface area (Å²) in [5.41, 5.74) is 7.04. The van der Waals surface area contributed by atoms with Gasteiger partial charge in [-0.15, -0.1) is 0 Å². The first-order valence-electron chi connectivity index (χ1n) is 6.12. The third-order valence-corrected chi connectivity index (χ3v) is 3.44. The highest BCUT2D eigenvalue weighted by Gasteiger charge is 2.49. The molecule has 2 aliphatic heterocycles. The number of benzene rings is 1. The summed E-state index contributed by atoms with van der Waals surface area (Å²) in [4.78, 5) is 0. The maximum absolute atomic E-state index is 9.88. The van der Waals surface area contributed by atoms with E-state index in [0.29, 0.717) is 13.2 Å². The molecule has 0 aliphatic carbocycles. The number of aliphatic hydroxyl groups excluding tert-OH is 1. The van der Waals surface area contributed by atoms with E-state index in [0.717, 1.165) is 5.56 Å². The first kappa shape index (κ1) is 12.1. The summed E-state index contributed by atoms with van der Waals surface area (Å²) < 4.78 is 16.6. The SMILES string of the molecule is NC1C(O)C2OCC(O2)C1OCc1ccccc1. The predicted molar refractivity (Wildman–Crippen MR) is 63.6 cm³/mol. The van der Waals surface area contributed by atoms with Gasteiger partial charge in [0.15, 0.2) is 6.29 Å². The summed E-state index contributed by atoms with van der Waals surface area (Å²) in [5, 5.41) is 9.88. The van der Waals surface area contributed by atoms with Crippen molar-refractivity contribution in [1.82, 2.24) is 0 Å². The van der Waals surface area contributed by atoms with Crippen molar-refractivity contribution in [3.05, 3.63) is 35.9 Å². The Bertz CT molecular complexity index is 399. The Hall–Kier alpha value is -0.980. The van der Waals surface area contributed by atoms with E-state index in [1.165, 1.54) is 0 Å². The van der Waals surface area contributed by atoms with E-state index < -0.39 is 18.4 Å². The van der Waals surface area contributed by atoms with Crippen molar-refractivity contribution in [3.63, 3.8) is 0 Å². The van der Waals surface area contributed by atoms with Crippen LogP contribution >= 0.6 is 0 Å². The molecule has 0 amide bonds. The molecular formula is C13H17NO4. The van der Waals surface area contributed by atoms with Crippen molar-refractivity contribution in [3.8, 4) is 0 Å². The van der Waals surface area contributed by atoms with E-state index in [4.69, 9.17) is 19.9 Å². The van der Waals surface area contributed by atoms with Gasteiger partial charge in [-0.2, -0.15) is 0 Å². The normalized spacial score (nSPS) is 38.9. The quantitative estimate of drug-likeness (QED) is 0.792. The Morgan fingerprint density at radius 1 is 1.33 bits per heavy atom. The summed E-state index contributed by atoms with van der Waals surface area (Å²) in [6, 6.07) is 9.37. The summed E-state index contributed by atoms with van der Waals surface area (Å²) in [6.45, 7) is 0.880. The molecule has 5 nitrogen and oxygen atoms in total. The van der Waals surface area contributed by atoms with E-state index in [-0.39, 0.29) is 12.2 Å². The maximum Gasteiger partial charge on any atom is 0.185 e. The Kier molecular flexibility index (Phi) is 3.32. The molecule has 1 aromatic carbocycles. The average molecular weight is 251 g/mol. The third-order valence-electron chi connectivity index (χ3n) is 3.44. The number of nitrogens with two attached hydrogens (primary N) is 1. The fraction of sp³-hybridized carbons (Fsp3) is 0.538. The zero-order valence-corrected chi connectivity index (χ0v) is 9.94. The molecule has 5 unspecified atom stereocenters. The van der Waals surface area contributed by atoms with Gasteiger partial charge >= 0.3 is 0 Å². The van der Waals surface area contributed by atoms with Crippen LogP contribution in [-0.2, 0) is 20.8 Å². The van der Waals surface area contributed by atoms with Crippen LogP contribution in [0.3, 0.4) is 0 Å². The second-order valence-electron chi connectivity index (χ2n) is 4.71. The van der Waals surface area contributed by atoms with E-state index in [9.17, 15) is 5.11 Å². The van der Waals surface area contributed by atoms with Crippen LogP contribution in [0.5, 0.6) is 0 Å². The largest absolute Gasteiger partial charge is 0.386 e. The van der Waals surface area contributed by atoms with E-state index >= 15 is 0 Å². The van der Waals surface area contributed by atoms with Crippen LogP contribution in [0, 0.1) is 0 Å². The van der Waals surface area contributed by atoms with Crippen LogP contribution in [0.15, 0.2) is 30.3 Å². The zero-order chi connectivity index (χ0) is 12.5. The van der Waals surface area contributed by atoms with E-state index in [1.807, 2.05) is 30.3 Å². The summed E-state index contributed by atoms with van der Waals surface area (Å²) >= 11 is 0. The van der Waals surface area contributed by atoms with E-state index in [2.05, 4.69) is 0 Å². The molecule has 1 aromatic rings. The Morgan fingerprint density at radius 2 is 2.11 bits per heavy atom. The van der Waals surface area contributed by atoms with E-state index in [1.54, 1.807) is 0 Å². The topological polar surface area (TPSA) is 73.9 Å².